The fourth-order valence-electron chi connectivity index (χ4n) is 4.99. The summed E-state index contributed by atoms with van der Waals surface area (Å²) in [5, 5.41) is 15.0. The first-order chi connectivity index (χ1) is 15.2. The molecule has 6 heteroatoms. The van der Waals surface area contributed by atoms with Gasteiger partial charge in [-0.15, -0.1) is 0 Å². The van der Waals surface area contributed by atoms with Gasteiger partial charge in [-0.2, -0.15) is 10.4 Å². The molecule has 5 nitrogen and oxygen atoms in total. The van der Waals surface area contributed by atoms with Crippen LogP contribution in [0.25, 0.3) is 11.3 Å². The third-order valence-electron chi connectivity index (χ3n) is 6.70. The van der Waals surface area contributed by atoms with Gasteiger partial charge in [0.05, 0.1) is 23.0 Å². The van der Waals surface area contributed by atoms with Gasteiger partial charge in [-0.3, -0.25) is 9.58 Å². The average Bonchev–Trinajstić information content (AvgIpc) is 3.50. The standard InChI is InChI=1S/C25H26ClN5/c26-21-7-5-19(6-8-21)24-11-12-31(28-24)23-10-9-22(17-23)29-13-15-30(16-14-29)25-4-2-1-3-20(25)18-27/h1-8,11-12,22-23H,9-10,13-17H2/t22-,23-/m0/s1. The lowest BCUT2D eigenvalue weighted by atomic mass is 10.1. The Morgan fingerprint density at radius 1 is 0.903 bits per heavy atom. The number of aromatic nitrogens is 2. The molecule has 0 radical (unpaired) electrons. The van der Waals surface area contributed by atoms with E-state index in [0.717, 1.165) is 60.1 Å². The van der Waals surface area contributed by atoms with E-state index in [1.807, 2.05) is 42.5 Å². The predicted octanol–water partition coefficient (Wildman–Crippen LogP) is 4.99. The van der Waals surface area contributed by atoms with Gasteiger partial charge < -0.3 is 4.90 Å². The number of hydrogen-bond donors (Lipinski definition) is 0. The second kappa shape index (κ2) is 8.74. The summed E-state index contributed by atoms with van der Waals surface area (Å²) in [5.74, 6) is 0. The van der Waals surface area contributed by atoms with Crippen molar-refractivity contribution in [3.8, 4) is 17.3 Å². The molecule has 31 heavy (non-hydrogen) atoms. The van der Waals surface area contributed by atoms with E-state index in [9.17, 15) is 5.26 Å². The third-order valence-corrected chi connectivity index (χ3v) is 6.95. The summed E-state index contributed by atoms with van der Waals surface area (Å²) in [7, 11) is 0. The topological polar surface area (TPSA) is 48.1 Å². The molecular weight excluding hydrogens is 406 g/mol. The molecule has 3 aromatic rings. The summed E-state index contributed by atoms with van der Waals surface area (Å²) in [6.07, 6.45) is 5.66. The number of anilines is 1. The lowest BCUT2D eigenvalue weighted by Crippen LogP contribution is -2.50. The number of para-hydroxylation sites is 1. The molecule has 1 saturated heterocycles. The minimum atomic E-state index is 0.461. The molecule has 0 spiro atoms. The zero-order valence-corrected chi connectivity index (χ0v) is 18.2. The second-order valence-corrected chi connectivity index (χ2v) is 8.90. The van der Waals surface area contributed by atoms with Crippen LogP contribution >= 0.6 is 11.6 Å². The van der Waals surface area contributed by atoms with E-state index in [0.29, 0.717) is 12.1 Å². The molecule has 1 aromatic heterocycles. The van der Waals surface area contributed by atoms with Gasteiger partial charge in [-0.1, -0.05) is 35.9 Å². The molecule has 0 N–H and O–H groups in total. The van der Waals surface area contributed by atoms with E-state index in [-0.39, 0.29) is 0 Å². The van der Waals surface area contributed by atoms with Gasteiger partial charge in [-0.05, 0) is 49.6 Å². The van der Waals surface area contributed by atoms with E-state index in [4.69, 9.17) is 16.7 Å². The summed E-state index contributed by atoms with van der Waals surface area (Å²) >= 11 is 6.01. The zero-order chi connectivity index (χ0) is 21.2. The minimum Gasteiger partial charge on any atom is -0.368 e. The monoisotopic (exact) mass is 431 g/mol. The lowest BCUT2D eigenvalue weighted by molar-refractivity contribution is 0.183. The first-order valence-electron chi connectivity index (χ1n) is 11.0. The minimum absolute atomic E-state index is 0.461. The molecule has 1 saturated carbocycles. The summed E-state index contributed by atoms with van der Waals surface area (Å²) in [5.41, 5.74) is 3.95. The number of piperazine rings is 1. The van der Waals surface area contributed by atoms with Crippen LogP contribution in [0.3, 0.4) is 0 Å². The van der Waals surface area contributed by atoms with Crippen LogP contribution in [-0.2, 0) is 0 Å². The van der Waals surface area contributed by atoms with Gasteiger partial charge in [0.25, 0.3) is 0 Å². The Hall–Kier alpha value is -2.81. The zero-order valence-electron chi connectivity index (χ0n) is 17.5. The predicted molar refractivity (Wildman–Crippen MR) is 124 cm³/mol. The lowest BCUT2D eigenvalue weighted by Gasteiger charge is -2.39. The van der Waals surface area contributed by atoms with E-state index in [2.05, 4.69) is 38.9 Å². The van der Waals surface area contributed by atoms with E-state index < -0.39 is 0 Å². The molecule has 1 aliphatic heterocycles. The Balaban J connectivity index is 1.19. The SMILES string of the molecule is N#Cc1ccccc1N1CCN([C@H]2CC[C@H](n3ccc(-c4ccc(Cl)cc4)n3)C2)CC1. The van der Waals surface area contributed by atoms with Gasteiger partial charge in [-0.25, -0.2) is 0 Å². The molecule has 0 bridgehead atoms. The van der Waals surface area contributed by atoms with Crippen LogP contribution < -0.4 is 4.90 Å². The van der Waals surface area contributed by atoms with Crippen molar-refractivity contribution in [1.29, 1.82) is 5.26 Å². The molecule has 2 aromatic carbocycles. The molecule has 1 aliphatic carbocycles. The van der Waals surface area contributed by atoms with Crippen molar-refractivity contribution in [3.63, 3.8) is 0 Å². The summed E-state index contributed by atoms with van der Waals surface area (Å²) < 4.78 is 2.16. The molecule has 0 unspecified atom stereocenters. The highest BCUT2D eigenvalue weighted by Crippen LogP contribution is 2.34. The molecule has 0 amide bonds. The largest absolute Gasteiger partial charge is 0.368 e. The third kappa shape index (κ3) is 4.19. The maximum Gasteiger partial charge on any atom is 0.101 e. The van der Waals surface area contributed by atoms with Crippen LogP contribution in [-0.4, -0.2) is 46.9 Å². The number of benzene rings is 2. The highest BCUT2D eigenvalue weighted by atomic mass is 35.5. The fraction of sp³-hybridized carbons (Fsp3) is 0.360. The fourth-order valence-corrected chi connectivity index (χ4v) is 5.12. The van der Waals surface area contributed by atoms with Crippen molar-refractivity contribution in [1.82, 2.24) is 14.7 Å². The van der Waals surface area contributed by atoms with Gasteiger partial charge in [0.1, 0.15) is 6.07 Å². The number of nitriles is 1. The Labute approximate surface area is 188 Å². The van der Waals surface area contributed by atoms with Crippen molar-refractivity contribution in [3.05, 3.63) is 71.4 Å². The van der Waals surface area contributed by atoms with Gasteiger partial charge in [0, 0.05) is 49.0 Å². The molecular formula is C25H26ClN5. The van der Waals surface area contributed by atoms with Crippen LogP contribution in [0, 0.1) is 11.3 Å². The maximum absolute atomic E-state index is 9.40. The van der Waals surface area contributed by atoms with Crippen molar-refractivity contribution < 1.29 is 0 Å². The summed E-state index contributed by atoms with van der Waals surface area (Å²) in [4.78, 5) is 4.99. The van der Waals surface area contributed by atoms with E-state index in [1.54, 1.807) is 0 Å². The number of halogens is 1. The molecule has 2 atom stereocenters. The number of hydrogen-bond acceptors (Lipinski definition) is 4. The molecule has 5 rings (SSSR count). The van der Waals surface area contributed by atoms with Crippen LogP contribution in [0.2, 0.25) is 5.02 Å². The molecule has 2 aliphatic rings. The summed E-state index contributed by atoms with van der Waals surface area (Å²) in [6.45, 7) is 4.04. The highest BCUT2D eigenvalue weighted by molar-refractivity contribution is 6.30. The average molecular weight is 432 g/mol. The Morgan fingerprint density at radius 2 is 1.65 bits per heavy atom. The maximum atomic E-state index is 9.40. The molecule has 2 heterocycles. The van der Waals surface area contributed by atoms with Crippen LogP contribution in [0.1, 0.15) is 30.9 Å². The quantitative estimate of drug-likeness (QED) is 0.583. The van der Waals surface area contributed by atoms with E-state index in [1.165, 1.54) is 12.8 Å². The van der Waals surface area contributed by atoms with Gasteiger partial charge >= 0.3 is 0 Å². The number of nitrogens with zero attached hydrogens (tertiary/aromatic N) is 5. The van der Waals surface area contributed by atoms with Gasteiger partial charge in [0.2, 0.25) is 0 Å². The Morgan fingerprint density at radius 3 is 2.42 bits per heavy atom. The Kier molecular flexibility index (Phi) is 5.67. The summed E-state index contributed by atoms with van der Waals surface area (Å²) in [6, 6.07) is 21.3. The van der Waals surface area contributed by atoms with E-state index >= 15 is 0 Å². The molecule has 2 fully saturated rings. The van der Waals surface area contributed by atoms with Crippen LogP contribution in [0.4, 0.5) is 5.69 Å². The van der Waals surface area contributed by atoms with Gasteiger partial charge in [0.15, 0.2) is 0 Å². The first-order valence-corrected chi connectivity index (χ1v) is 11.4. The Bertz CT molecular complexity index is 1080. The number of rotatable bonds is 4. The van der Waals surface area contributed by atoms with Crippen molar-refractivity contribution in [2.45, 2.75) is 31.3 Å². The van der Waals surface area contributed by atoms with Crippen molar-refractivity contribution in [2.75, 3.05) is 31.1 Å². The molecule has 158 valence electrons. The highest BCUT2D eigenvalue weighted by Gasteiger charge is 2.32. The normalized spacial score (nSPS) is 21.9. The van der Waals surface area contributed by atoms with Crippen LogP contribution in [0.5, 0.6) is 0 Å². The second-order valence-electron chi connectivity index (χ2n) is 8.46. The van der Waals surface area contributed by atoms with Crippen molar-refractivity contribution >= 4 is 17.3 Å². The van der Waals surface area contributed by atoms with Crippen molar-refractivity contribution in [2.24, 2.45) is 0 Å². The van der Waals surface area contributed by atoms with Crippen LogP contribution in [0.15, 0.2) is 60.8 Å². The smallest absolute Gasteiger partial charge is 0.101 e. The first kappa shape index (κ1) is 20.1.